The molecule has 0 fully saturated rings. The van der Waals surface area contributed by atoms with Gasteiger partial charge in [-0.1, -0.05) is 30.3 Å². The third kappa shape index (κ3) is 5.22. The number of carbonyl (C=O) groups is 1. The van der Waals surface area contributed by atoms with Crippen molar-refractivity contribution < 1.29 is 14.3 Å². The molecule has 1 aliphatic rings. The Bertz CT molecular complexity index is 1130. The van der Waals surface area contributed by atoms with E-state index in [2.05, 4.69) is 51.8 Å². The number of ether oxygens (including phenoxy) is 2. The van der Waals surface area contributed by atoms with E-state index in [9.17, 15) is 4.79 Å². The fourth-order valence-electron chi connectivity index (χ4n) is 3.82. The zero-order chi connectivity index (χ0) is 22.5. The summed E-state index contributed by atoms with van der Waals surface area (Å²) < 4.78 is 11.7. The molecule has 2 heterocycles. The highest BCUT2D eigenvalue weighted by molar-refractivity contribution is 14.1. The van der Waals surface area contributed by atoms with E-state index >= 15 is 0 Å². The second kappa shape index (κ2) is 10.6. The van der Waals surface area contributed by atoms with E-state index < -0.39 is 0 Å². The fourth-order valence-corrected chi connectivity index (χ4v) is 5.80. The van der Waals surface area contributed by atoms with Gasteiger partial charge < -0.3 is 9.47 Å². The van der Waals surface area contributed by atoms with Crippen LogP contribution in [0, 0.1) is 3.57 Å². The predicted molar refractivity (Wildman–Crippen MR) is 138 cm³/mol. The van der Waals surface area contributed by atoms with Crippen LogP contribution < -0.4 is 4.74 Å². The average molecular weight is 560 g/mol. The molecular formula is C25H25IN2O3S. The van der Waals surface area contributed by atoms with Crippen molar-refractivity contribution in [3.63, 3.8) is 0 Å². The molecule has 0 bridgehead atoms. The van der Waals surface area contributed by atoms with Gasteiger partial charge in [0.15, 0.2) is 0 Å². The van der Waals surface area contributed by atoms with Crippen molar-refractivity contribution in [3.8, 4) is 5.75 Å². The Morgan fingerprint density at radius 3 is 2.78 bits per heavy atom. The maximum Gasteiger partial charge on any atom is 0.341 e. The van der Waals surface area contributed by atoms with Crippen LogP contribution in [0.4, 0.5) is 5.00 Å². The van der Waals surface area contributed by atoms with Crippen molar-refractivity contribution in [2.45, 2.75) is 26.4 Å². The van der Waals surface area contributed by atoms with E-state index in [0.29, 0.717) is 12.2 Å². The molecule has 0 atom stereocenters. The molecule has 0 amide bonds. The minimum absolute atomic E-state index is 0.280. The van der Waals surface area contributed by atoms with E-state index in [1.165, 1.54) is 10.4 Å². The van der Waals surface area contributed by atoms with E-state index in [1.807, 2.05) is 37.4 Å². The van der Waals surface area contributed by atoms with Crippen molar-refractivity contribution in [2.24, 2.45) is 4.99 Å². The number of rotatable bonds is 7. The summed E-state index contributed by atoms with van der Waals surface area (Å²) in [4.78, 5) is 21.1. The lowest BCUT2D eigenvalue weighted by molar-refractivity contribution is 0.0526. The molecule has 166 valence electrons. The van der Waals surface area contributed by atoms with Gasteiger partial charge >= 0.3 is 5.97 Å². The Kier molecular flexibility index (Phi) is 7.59. The summed E-state index contributed by atoms with van der Waals surface area (Å²) in [5.41, 5.74) is 3.98. The lowest BCUT2D eigenvalue weighted by atomic mass is 10.0. The molecule has 0 saturated carbocycles. The molecule has 0 N–H and O–H groups in total. The first-order valence-corrected chi connectivity index (χ1v) is 12.4. The van der Waals surface area contributed by atoms with Crippen LogP contribution >= 0.6 is 33.9 Å². The maximum atomic E-state index is 12.8. The summed E-state index contributed by atoms with van der Waals surface area (Å²) in [5.74, 6) is 0.554. The Balaban J connectivity index is 1.61. The number of benzene rings is 2. The quantitative estimate of drug-likeness (QED) is 0.207. The van der Waals surface area contributed by atoms with Crippen LogP contribution in [-0.2, 0) is 24.2 Å². The molecular weight excluding hydrogens is 535 g/mol. The van der Waals surface area contributed by atoms with Gasteiger partial charge in [-0.25, -0.2) is 9.79 Å². The molecule has 1 aromatic heterocycles. The average Bonchev–Trinajstić information content (AvgIpc) is 3.16. The summed E-state index contributed by atoms with van der Waals surface area (Å²) in [5, 5.41) is 0.723. The Morgan fingerprint density at radius 1 is 1.25 bits per heavy atom. The minimum Gasteiger partial charge on any atom is -0.496 e. The van der Waals surface area contributed by atoms with Crippen LogP contribution in [0.3, 0.4) is 0 Å². The Hall–Kier alpha value is -2.23. The summed E-state index contributed by atoms with van der Waals surface area (Å²) in [6, 6.07) is 16.4. The number of methoxy groups -OCH3 is 1. The highest BCUT2D eigenvalue weighted by Gasteiger charge is 2.28. The van der Waals surface area contributed by atoms with Crippen LogP contribution in [0.2, 0.25) is 0 Å². The molecule has 1 aliphatic heterocycles. The lowest BCUT2D eigenvalue weighted by Crippen LogP contribution is -2.29. The number of hydrogen-bond donors (Lipinski definition) is 0. The molecule has 4 rings (SSSR count). The number of thiophene rings is 1. The monoisotopic (exact) mass is 560 g/mol. The van der Waals surface area contributed by atoms with E-state index in [0.717, 1.165) is 51.5 Å². The van der Waals surface area contributed by atoms with Gasteiger partial charge in [-0.3, -0.25) is 4.90 Å². The minimum atomic E-state index is -0.280. The number of aliphatic imine (C=N–C) groups is 1. The summed E-state index contributed by atoms with van der Waals surface area (Å²) in [7, 11) is 1.66. The topological polar surface area (TPSA) is 51.1 Å². The van der Waals surface area contributed by atoms with Gasteiger partial charge in [0.1, 0.15) is 10.8 Å². The van der Waals surface area contributed by atoms with Gasteiger partial charge in [0.25, 0.3) is 0 Å². The molecule has 0 spiro atoms. The van der Waals surface area contributed by atoms with Crippen molar-refractivity contribution in [1.29, 1.82) is 0 Å². The molecule has 7 heteroatoms. The maximum absolute atomic E-state index is 12.8. The largest absolute Gasteiger partial charge is 0.496 e. The van der Waals surface area contributed by atoms with Crippen LogP contribution in [0.5, 0.6) is 5.75 Å². The highest BCUT2D eigenvalue weighted by atomic mass is 127. The van der Waals surface area contributed by atoms with Crippen LogP contribution in [0.25, 0.3) is 0 Å². The first-order chi connectivity index (χ1) is 15.6. The molecule has 0 aliphatic carbocycles. The first kappa shape index (κ1) is 22.9. The van der Waals surface area contributed by atoms with Crippen molar-refractivity contribution in [1.82, 2.24) is 4.90 Å². The highest BCUT2D eigenvalue weighted by Crippen LogP contribution is 2.39. The second-order valence-electron chi connectivity index (χ2n) is 7.50. The molecule has 0 radical (unpaired) electrons. The van der Waals surface area contributed by atoms with Crippen molar-refractivity contribution in [3.05, 3.63) is 79.2 Å². The number of fused-ring (bicyclic) bond motifs is 1. The lowest BCUT2D eigenvalue weighted by Gasteiger charge is -2.27. The van der Waals surface area contributed by atoms with Crippen LogP contribution in [-0.4, -0.2) is 37.3 Å². The van der Waals surface area contributed by atoms with Crippen molar-refractivity contribution in [2.75, 3.05) is 20.3 Å². The molecule has 0 unspecified atom stereocenters. The molecule has 5 nitrogen and oxygen atoms in total. The van der Waals surface area contributed by atoms with E-state index in [-0.39, 0.29) is 5.97 Å². The zero-order valence-corrected chi connectivity index (χ0v) is 21.1. The number of esters is 1. The van der Waals surface area contributed by atoms with Crippen LogP contribution in [0.15, 0.2) is 53.5 Å². The molecule has 0 saturated heterocycles. The number of carbonyl (C=O) groups excluding carboxylic acids is 1. The van der Waals surface area contributed by atoms with Gasteiger partial charge in [-0.2, -0.15) is 0 Å². The Morgan fingerprint density at radius 2 is 2.06 bits per heavy atom. The van der Waals surface area contributed by atoms with Crippen molar-refractivity contribution >= 4 is 51.1 Å². The predicted octanol–water partition coefficient (Wildman–Crippen LogP) is 5.85. The normalized spacial score (nSPS) is 13.8. The Labute approximate surface area is 206 Å². The molecule has 2 aromatic carbocycles. The third-order valence-corrected chi connectivity index (χ3v) is 7.32. The standard InChI is InChI=1S/C25H25IN2O3S/c1-3-31-25(29)23-19-11-12-28(15-17-7-5-4-6-8-17)16-22(19)32-24(23)27-14-18-9-10-21(30-2)20(26)13-18/h4-10,13-14H,3,11-12,15-16H2,1-2H3. The summed E-state index contributed by atoms with van der Waals surface area (Å²) in [6.45, 7) is 4.81. The second-order valence-corrected chi connectivity index (χ2v) is 9.75. The number of halogens is 1. The van der Waals surface area contributed by atoms with E-state index in [4.69, 9.17) is 14.5 Å². The van der Waals surface area contributed by atoms with Gasteiger partial charge in [0.05, 0.1) is 22.9 Å². The smallest absolute Gasteiger partial charge is 0.341 e. The van der Waals surface area contributed by atoms with Crippen LogP contribution in [0.1, 0.15) is 38.8 Å². The first-order valence-electron chi connectivity index (χ1n) is 10.5. The fraction of sp³-hybridized carbons (Fsp3) is 0.280. The van der Waals surface area contributed by atoms with Gasteiger partial charge in [0, 0.05) is 30.7 Å². The summed E-state index contributed by atoms with van der Waals surface area (Å²) in [6.07, 6.45) is 2.63. The molecule has 32 heavy (non-hydrogen) atoms. The number of nitrogens with zero attached hydrogens (tertiary/aromatic N) is 2. The summed E-state index contributed by atoms with van der Waals surface area (Å²) >= 11 is 3.84. The SMILES string of the molecule is CCOC(=O)c1c(N=Cc2ccc(OC)c(I)c2)sc2c1CCN(Cc1ccccc1)C2. The zero-order valence-electron chi connectivity index (χ0n) is 18.1. The van der Waals surface area contributed by atoms with Gasteiger partial charge in [-0.05, 0) is 70.8 Å². The third-order valence-electron chi connectivity index (χ3n) is 5.35. The molecule has 3 aromatic rings. The number of hydrogen-bond acceptors (Lipinski definition) is 6. The van der Waals surface area contributed by atoms with E-state index in [1.54, 1.807) is 18.4 Å². The van der Waals surface area contributed by atoms with Gasteiger partial charge in [0.2, 0.25) is 0 Å². The van der Waals surface area contributed by atoms with Gasteiger partial charge in [-0.15, -0.1) is 11.3 Å².